The van der Waals surface area contributed by atoms with Crippen molar-refractivity contribution in [1.29, 1.82) is 0 Å². The molecular formula is C16H20N2O5. The van der Waals surface area contributed by atoms with E-state index in [0.29, 0.717) is 30.8 Å². The van der Waals surface area contributed by atoms with Crippen molar-refractivity contribution < 1.29 is 24.2 Å². The van der Waals surface area contributed by atoms with Gasteiger partial charge in [0.05, 0.1) is 25.7 Å². The molecule has 1 aliphatic heterocycles. The van der Waals surface area contributed by atoms with Gasteiger partial charge in [-0.25, -0.2) is 0 Å². The highest BCUT2D eigenvalue weighted by molar-refractivity contribution is 5.97. The summed E-state index contributed by atoms with van der Waals surface area (Å²) in [6, 6.07) is 6.16. The van der Waals surface area contributed by atoms with Gasteiger partial charge in [-0.1, -0.05) is 13.0 Å². The van der Waals surface area contributed by atoms with Crippen molar-refractivity contribution in [2.24, 2.45) is 0 Å². The number of carboxylic acid groups (broad SMARTS) is 1. The SMILES string of the molecule is CCC(=O)Nc1cccc(C(=O)N2CCOCC2CC(=O)O)c1. The molecule has 0 aromatic heterocycles. The van der Waals surface area contributed by atoms with E-state index in [1.165, 1.54) is 4.90 Å². The molecule has 1 aromatic carbocycles. The molecule has 1 aromatic rings. The van der Waals surface area contributed by atoms with Crippen LogP contribution in [0.25, 0.3) is 0 Å². The third kappa shape index (κ3) is 4.53. The molecule has 1 saturated heterocycles. The normalized spacial score (nSPS) is 17.6. The van der Waals surface area contributed by atoms with Crippen LogP contribution in [0, 0.1) is 0 Å². The number of amides is 2. The number of rotatable bonds is 5. The van der Waals surface area contributed by atoms with Gasteiger partial charge in [-0.2, -0.15) is 0 Å². The summed E-state index contributed by atoms with van der Waals surface area (Å²) in [7, 11) is 0. The molecule has 0 saturated carbocycles. The molecule has 0 aliphatic carbocycles. The predicted octanol–water partition coefficient (Wildman–Crippen LogP) is 1.35. The van der Waals surface area contributed by atoms with Gasteiger partial charge in [-0.15, -0.1) is 0 Å². The minimum atomic E-state index is -0.970. The number of benzene rings is 1. The predicted molar refractivity (Wildman–Crippen MR) is 83.3 cm³/mol. The number of anilines is 1. The van der Waals surface area contributed by atoms with Crippen molar-refractivity contribution in [3.8, 4) is 0 Å². The first-order valence-electron chi connectivity index (χ1n) is 7.51. The van der Waals surface area contributed by atoms with Crippen LogP contribution >= 0.6 is 0 Å². The second-order valence-electron chi connectivity index (χ2n) is 5.31. The van der Waals surface area contributed by atoms with Gasteiger partial charge in [0.25, 0.3) is 5.91 Å². The second kappa shape index (κ2) is 7.73. The summed E-state index contributed by atoms with van der Waals surface area (Å²) in [6.07, 6.45) is 0.195. The summed E-state index contributed by atoms with van der Waals surface area (Å²) >= 11 is 0. The van der Waals surface area contributed by atoms with E-state index in [9.17, 15) is 14.4 Å². The van der Waals surface area contributed by atoms with Gasteiger partial charge >= 0.3 is 5.97 Å². The number of morpholine rings is 1. The number of hydrogen-bond donors (Lipinski definition) is 2. The van der Waals surface area contributed by atoms with E-state index in [2.05, 4.69) is 5.32 Å². The van der Waals surface area contributed by atoms with Crippen LogP contribution in [-0.4, -0.2) is 53.6 Å². The Labute approximate surface area is 134 Å². The molecule has 2 amide bonds. The first kappa shape index (κ1) is 17.0. The standard InChI is InChI=1S/C16H20N2O5/c1-2-14(19)17-12-5-3-4-11(8-12)16(22)18-6-7-23-10-13(18)9-15(20)21/h3-5,8,13H,2,6-7,9-10H2,1H3,(H,17,19)(H,20,21). The van der Waals surface area contributed by atoms with Crippen LogP contribution < -0.4 is 5.32 Å². The monoisotopic (exact) mass is 320 g/mol. The van der Waals surface area contributed by atoms with Crippen LogP contribution in [0.5, 0.6) is 0 Å². The van der Waals surface area contributed by atoms with Crippen molar-refractivity contribution >= 4 is 23.5 Å². The Hall–Kier alpha value is -2.41. The first-order chi connectivity index (χ1) is 11.0. The molecule has 1 unspecified atom stereocenters. The molecule has 7 nitrogen and oxygen atoms in total. The Bertz CT molecular complexity index is 602. The maximum Gasteiger partial charge on any atom is 0.305 e. The summed E-state index contributed by atoms with van der Waals surface area (Å²) in [5, 5.41) is 11.7. The van der Waals surface area contributed by atoms with Crippen molar-refractivity contribution in [1.82, 2.24) is 4.90 Å². The number of hydrogen-bond acceptors (Lipinski definition) is 4. The van der Waals surface area contributed by atoms with E-state index in [1.807, 2.05) is 0 Å². The van der Waals surface area contributed by atoms with E-state index in [4.69, 9.17) is 9.84 Å². The zero-order valence-corrected chi connectivity index (χ0v) is 12.9. The number of carbonyl (C=O) groups is 3. The number of carboxylic acids is 1. The topological polar surface area (TPSA) is 95.9 Å². The lowest BCUT2D eigenvalue weighted by atomic mass is 10.1. The molecule has 1 atom stereocenters. The highest BCUT2D eigenvalue weighted by Gasteiger charge is 2.29. The Morgan fingerprint density at radius 3 is 2.87 bits per heavy atom. The summed E-state index contributed by atoms with van der Waals surface area (Å²) in [5.41, 5.74) is 0.960. The molecule has 124 valence electrons. The summed E-state index contributed by atoms with van der Waals surface area (Å²) in [5.74, 6) is -1.36. The lowest BCUT2D eigenvalue weighted by molar-refractivity contribution is -0.139. The number of nitrogens with one attached hydrogen (secondary N) is 1. The van der Waals surface area contributed by atoms with Crippen molar-refractivity contribution in [2.75, 3.05) is 25.1 Å². The zero-order chi connectivity index (χ0) is 16.8. The average molecular weight is 320 g/mol. The van der Waals surface area contributed by atoms with E-state index < -0.39 is 12.0 Å². The largest absolute Gasteiger partial charge is 0.481 e. The number of carbonyl (C=O) groups excluding carboxylic acids is 2. The zero-order valence-electron chi connectivity index (χ0n) is 12.9. The lowest BCUT2D eigenvalue weighted by Gasteiger charge is -2.35. The van der Waals surface area contributed by atoms with Gasteiger partial charge in [-0.05, 0) is 18.2 Å². The fraction of sp³-hybridized carbons (Fsp3) is 0.438. The van der Waals surface area contributed by atoms with Gasteiger partial charge in [0.15, 0.2) is 0 Å². The quantitative estimate of drug-likeness (QED) is 0.854. The molecule has 23 heavy (non-hydrogen) atoms. The molecule has 0 bridgehead atoms. The first-order valence-corrected chi connectivity index (χ1v) is 7.51. The van der Waals surface area contributed by atoms with Crippen LogP contribution in [-0.2, 0) is 14.3 Å². The third-order valence-corrected chi connectivity index (χ3v) is 3.61. The van der Waals surface area contributed by atoms with E-state index >= 15 is 0 Å². The molecular weight excluding hydrogens is 300 g/mol. The van der Waals surface area contributed by atoms with E-state index in [1.54, 1.807) is 31.2 Å². The fourth-order valence-electron chi connectivity index (χ4n) is 2.44. The minimum absolute atomic E-state index is 0.135. The molecule has 0 radical (unpaired) electrons. The van der Waals surface area contributed by atoms with Crippen LogP contribution in [0.4, 0.5) is 5.69 Å². The van der Waals surface area contributed by atoms with Crippen LogP contribution in [0.1, 0.15) is 30.1 Å². The highest BCUT2D eigenvalue weighted by Crippen LogP contribution is 2.18. The Kier molecular flexibility index (Phi) is 5.70. The van der Waals surface area contributed by atoms with E-state index in [0.717, 1.165) is 0 Å². The Morgan fingerprint density at radius 2 is 2.17 bits per heavy atom. The molecule has 0 spiro atoms. The number of ether oxygens (including phenoxy) is 1. The van der Waals surface area contributed by atoms with Crippen molar-refractivity contribution in [2.45, 2.75) is 25.8 Å². The summed E-state index contributed by atoms with van der Waals surface area (Å²) < 4.78 is 5.28. The van der Waals surface area contributed by atoms with Gasteiger partial charge in [0, 0.05) is 24.2 Å². The molecule has 2 rings (SSSR count). The minimum Gasteiger partial charge on any atom is -0.481 e. The number of nitrogens with zero attached hydrogens (tertiary/aromatic N) is 1. The highest BCUT2D eigenvalue weighted by atomic mass is 16.5. The summed E-state index contributed by atoms with van der Waals surface area (Å²) in [6.45, 7) is 2.69. The molecule has 2 N–H and O–H groups in total. The van der Waals surface area contributed by atoms with Crippen LogP contribution in [0.15, 0.2) is 24.3 Å². The average Bonchev–Trinajstić information content (AvgIpc) is 2.54. The molecule has 1 aliphatic rings. The van der Waals surface area contributed by atoms with Gasteiger partial charge in [0.2, 0.25) is 5.91 Å². The summed E-state index contributed by atoms with van der Waals surface area (Å²) in [4.78, 5) is 36.6. The van der Waals surface area contributed by atoms with E-state index in [-0.39, 0.29) is 24.8 Å². The molecule has 1 heterocycles. The Morgan fingerprint density at radius 1 is 1.39 bits per heavy atom. The van der Waals surface area contributed by atoms with Crippen molar-refractivity contribution in [3.63, 3.8) is 0 Å². The van der Waals surface area contributed by atoms with Gasteiger partial charge in [-0.3, -0.25) is 14.4 Å². The maximum atomic E-state index is 12.7. The Balaban J connectivity index is 2.16. The number of aliphatic carboxylic acids is 1. The van der Waals surface area contributed by atoms with Crippen LogP contribution in [0.3, 0.4) is 0 Å². The fourth-order valence-corrected chi connectivity index (χ4v) is 2.44. The van der Waals surface area contributed by atoms with Gasteiger partial charge in [0.1, 0.15) is 0 Å². The lowest BCUT2D eigenvalue weighted by Crippen LogP contribution is -2.49. The smallest absolute Gasteiger partial charge is 0.305 e. The molecule has 7 heteroatoms. The second-order valence-corrected chi connectivity index (χ2v) is 5.31. The third-order valence-electron chi connectivity index (χ3n) is 3.61. The van der Waals surface area contributed by atoms with Crippen LogP contribution in [0.2, 0.25) is 0 Å². The molecule has 1 fully saturated rings. The maximum absolute atomic E-state index is 12.7. The van der Waals surface area contributed by atoms with Crippen molar-refractivity contribution in [3.05, 3.63) is 29.8 Å². The van der Waals surface area contributed by atoms with Gasteiger partial charge < -0.3 is 20.1 Å².